The van der Waals surface area contributed by atoms with E-state index in [-0.39, 0.29) is 12.2 Å². The number of anilines is 1. The molecule has 0 aliphatic rings. The molecular formula is C12H18N4O3. The summed E-state index contributed by atoms with van der Waals surface area (Å²) >= 11 is 0. The number of rotatable bonds is 5. The van der Waals surface area contributed by atoms with Gasteiger partial charge in [-0.2, -0.15) is 0 Å². The highest BCUT2D eigenvalue weighted by atomic mass is 16.5. The van der Waals surface area contributed by atoms with Crippen molar-refractivity contribution >= 4 is 17.7 Å². The van der Waals surface area contributed by atoms with Gasteiger partial charge in [0, 0.05) is 23.7 Å². The summed E-state index contributed by atoms with van der Waals surface area (Å²) in [4.78, 5) is 30.4. The van der Waals surface area contributed by atoms with E-state index in [1.807, 2.05) is 13.8 Å². The number of amides is 1. The number of hydrogen-bond acceptors (Lipinski definition) is 6. The van der Waals surface area contributed by atoms with Crippen molar-refractivity contribution in [3.8, 4) is 0 Å². The molecule has 0 spiro atoms. The molecule has 1 aromatic heterocycles. The Morgan fingerprint density at radius 3 is 2.58 bits per heavy atom. The van der Waals surface area contributed by atoms with Crippen LogP contribution < -0.4 is 11.1 Å². The van der Waals surface area contributed by atoms with Crippen molar-refractivity contribution in [3.63, 3.8) is 0 Å². The summed E-state index contributed by atoms with van der Waals surface area (Å²) in [5, 5.41) is 3.05. The number of esters is 1. The van der Waals surface area contributed by atoms with Crippen LogP contribution in [0.15, 0.2) is 6.07 Å². The van der Waals surface area contributed by atoms with Crippen LogP contribution in [0.4, 0.5) is 5.82 Å². The van der Waals surface area contributed by atoms with Crippen LogP contribution in [-0.4, -0.2) is 34.5 Å². The lowest BCUT2D eigenvalue weighted by Gasteiger charge is -2.25. The van der Waals surface area contributed by atoms with E-state index >= 15 is 0 Å². The highest BCUT2D eigenvalue weighted by Crippen LogP contribution is 2.17. The van der Waals surface area contributed by atoms with Gasteiger partial charge in [0.25, 0.3) is 0 Å². The maximum absolute atomic E-state index is 11.4. The molecule has 0 unspecified atom stereocenters. The van der Waals surface area contributed by atoms with Crippen molar-refractivity contribution in [1.29, 1.82) is 0 Å². The molecule has 0 aromatic carbocycles. The fraction of sp³-hybridized carbons (Fsp3) is 0.500. The van der Waals surface area contributed by atoms with E-state index < -0.39 is 17.4 Å². The summed E-state index contributed by atoms with van der Waals surface area (Å²) < 4.78 is 4.58. The van der Waals surface area contributed by atoms with Crippen molar-refractivity contribution in [2.24, 2.45) is 5.73 Å². The number of nitrogens with one attached hydrogen (secondary N) is 1. The van der Waals surface area contributed by atoms with E-state index in [9.17, 15) is 9.59 Å². The lowest BCUT2D eigenvalue weighted by molar-refractivity contribution is -0.118. The van der Waals surface area contributed by atoms with Crippen molar-refractivity contribution < 1.29 is 14.3 Å². The van der Waals surface area contributed by atoms with E-state index in [0.29, 0.717) is 11.5 Å². The molecular weight excluding hydrogens is 248 g/mol. The molecule has 0 aliphatic heterocycles. The zero-order valence-corrected chi connectivity index (χ0v) is 11.5. The predicted octanol–water partition coefficient (Wildman–Crippen LogP) is 0.638. The first kappa shape index (κ1) is 14.9. The van der Waals surface area contributed by atoms with Crippen LogP contribution in [0.3, 0.4) is 0 Å². The van der Waals surface area contributed by atoms with Gasteiger partial charge in [-0.25, -0.2) is 14.8 Å². The molecule has 3 N–H and O–H groups in total. The predicted molar refractivity (Wildman–Crippen MR) is 69.6 cm³/mol. The Hall–Kier alpha value is -2.18. The molecule has 1 aromatic rings. The van der Waals surface area contributed by atoms with Crippen molar-refractivity contribution in [2.45, 2.75) is 32.7 Å². The normalized spacial score (nSPS) is 10.9. The maximum atomic E-state index is 11.4. The summed E-state index contributed by atoms with van der Waals surface area (Å²) in [7, 11) is 1.26. The first-order valence-electron chi connectivity index (χ1n) is 5.74. The van der Waals surface area contributed by atoms with Gasteiger partial charge in [-0.1, -0.05) is 0 Å². The lowest BCUT2D eigenvalue weighted by atomic mass is 10.0. The minimum atomic E-state index is -0.612. The Bertz CT molecular complexity index is 500. The minimum absolute atomic E-state index is 0.0279. The molecule has 1 rings (SSSR count). The third-order valence-corrected chi connectivity index (χ3v) is 2.30. The SMILES string of the molecule is COC(=O)c1nc(C)cc(NC(C)(C)CC(N)=O)n1. The van der Waals surface area contributed by atoms with E-state index in [2.05, 4.69) is 20.0 Å². The molecule has 0 saturated carbocycles. The first-order chi connectivity index (χ1) is 8.73. The number of aryl methyl sites for hydroxylation is 1. The Kier molecular flexibility index (Phi) is 4.42. The number of carbonyl (C=O) groups excluding carboxylic acids is 2. The molecule has 7 heteroatoms. The second-order valence-corrected chi connectivity index (χ2v) is 4.86. The molecule has 0 saturated heterocycles. The van der Waals surface area contributed by atoms with Crippen LogP contribution in [-0.2, 0) is 9.53 Å². The molecule has 1 amide bonds. The number of aromatic nitrogens is 2. The Balaban J connectivity index is 2.98. The maximum Gasteiger partial charge on any atom is 0.376 e. The van der Waals surface area contributed by atoms with Crippen LogP contribution >= 0.6 is 0 Å². The van der Waals surface area contributed by atoms with Crippen LogP contribution in [0.1, 0.15) is 36.6 Å². The summed E-state index contributed by atoms with van der Waals surface area (Å²) in [6.07, 6.45) is 0.142. The van der Waals surface area contributed by atoms with Crippen molar-refractivity contribution in [1.82, 2.24) is 9.97 Å². The fourth-order valence-electron chi connectivity index (χ4n) is 1.64. The molecule has 0 aliphatic carbocycles. The van der Waals surface area contributed by atoms with Crippen molar-refractivity contribution in [3.05, 3.63) is 17.6 Å². The zero-order chi connectivity index (χ0) is 14.6. The highest BCUT2D eigenvalue weighted by molar-refractivity contribution is 5.85. The third kappa shape index (κ3) is 4.53. The average molecular weight is 266 g/mol. The topological polar surface area (TPSA) is 107 Å². The summed E-state index contributed by atoms with van der Waals surface area (Å²) in [5.41, 5.74) is 5.22. The Morgan fingerprint density at radius 1 is 1.42 bits per heavy atom. The van der Waals surface area contributed by atoms with Gasteiger partial charge >= 0.3 is 5.97 Å². The van der Waals surface area contributed by atoms with Crippen LogP contribution in [0.25, 0.3) is 0 Å². The van der Waals surface area contributed by atoms with Crippen LogP contribution in [0.5, 0.6) is 0 Å². The molecule has 0 atom stereocenters. The van der Waals surface area contributed by atoms with Crippen LogP contribution in [0, 0.1) is 6.92 Å². The number of ether oxygens (including phenoxy) is 1. The number of nitrogens with two attached hydrogens (primary N) is 1. The largest absolute Gasteiger partial charge is 0.463 e. The summed E-state index contributed by atoms with van der Waals surface area (Å²) in [6.45, 7) is 5.36. The number of methoxy groups -OCH3 is 1. The minimum Gasteiger partial charge on any atom is -0.463 e. The van der Waals surface area contributed by atoms with E-state index in [4.69, 9.17) is 5.73 Å². The van der Waals surface area contributed by atoms with Gasteiger partial charge in [0.2, 0.25) is 11.7 Å². The quantitative estimate of drug-likeness (QED) is 0.757. The number of hydrogen-bond donors (Lipinski definition) is 2. The van der Waals surface area contributed by atoms with E-state index in [0.717, 1.165) is 0 Å². The standard InChI is InChI=1S/C12H18N4O3/c1-7-5-9(15-10(14-7)11(18)19-4)16-12(2,3)6-8(13)17/h5H,6H2,1-4H3,(H2,13,17)(H,14,15,16). The monoisotopic (exact) mass is 266 g/mol. The molecule has 19 heavy (non-hydrogen) atoms. The van der Waals surface area contributed by atoms with Gasteiger partial charge in [-0.15, -0.1) is 0 Å². The van der Waals surface area contributed by atoms with Gasteiger partial charge in [-0.05, 0) is 20.8 Å². The zero-order valence-electron chi connectivity index (χ0n) is 11.5. The molecule has 0 radical (unpaired) electrons. The number of carbonyl (C=O) groups is 2. The van der Waals surface area contributed by atoms with Gasteiger partial charge in [0.15, 0.2) is 0 Å². The lowest BCUT2D eigenvalue weighted by Crippen LogP contribution is -2.36. The first-order valence-corrected chi connectivity index (χ1v) is 5.74. The molecule has 7 nitrogen and oxygen atoms in total. The molecule has 104 valence electrons. The Morgan fingerprint density at radius 2 is 2.05 bits per heavy atom. The summed E-state index contributed by atoms with van der Waals surface area (Å²) in [5.74, 6) is -0.616. The Labute approximate surface area is 111 Å². The third-order valence-electron chi connectivity index (χ3n) is 2.30. The fourth-order valence-corrected chi connectivity index (χ4v) is 1.64. The second kappa shape index (κ2) is 5.64. The molecule has 1 heterocycles. The van der Waals surface area contributed by atoms with Gasteiger partial charge in [-0.3, -0.25) is 4.79 Å². The molecule has 0 fully saturated rings. The smallest absolute Gasteiger partial charge is 0.376 e. The highest BCUT2D eigenvalue weighted by Gasteiger charge is 2.22. The summed E-state index contributed by atoms with van der Waals surface area (Å²) in [6, 6.07) is 1.68. The van der Waals surface area contributed by atoms with E-state index in [1.165, 1.54) is 7.11 Å². The van der Waals surface area contributed by atoms with Crippen LogP contribution in [0.2, 0.25) is 0 Å². The van der Waals surface area contributed by atoms with Gasteiger partial charge in [0.1, 0.15) is 5.82 Å². The number of nitrogens with zero attached hydrogens (tertiary/aromatic N) is 2. The van der Waals surface area contributed by atoms with Gasteiger partial charge in [0.05, 0.1) is 7.11 Å². The second-order valence-electron chi connectivity index (χ2n) is 4.86. The van der Waals surface area contributed by atoms with Gasteiger partial charge < -0.3 is 15.8 Å². The average Bonchev–Trinajstić information content (AvgIpc) is 2.24. The van der Waals surface area contributed by atoms with Crippen molar-refractivity contribution in [2.75, 3.05) is 12.4 Å². The molecule has 0 bridgehead atoms. The number of primary amides is 1. The van der Waals surface area contributed by atoms with E-state index in [1.54, 1.807) is 13.0 Å².